The van der Waals surface area contributed by atoms with Gasteiger partial charge in [0, 0.05) is 50.1 Å². The minimum absolute atomic E-state index is 0.157. The van der Waals surface area contributed by atoms with E-state index in [4.69, 9.17) is 16.3 Å². The minimum Gasteiger partial charge on any atom is -0.381 e. The normalized spacial score (nSPS) is 36.7. The lowest BCUT2D eigenvalue weighted by atomic mass is 9.78. The molecular formula is C23H32ClN3O2. The maximum Gasteiger partial charge on any atom is 0.229 e. The molecule has 2 saturated carbocycles. The second-order valence-electron chi connectivity index (χ2n) is 9.73. The number of ether oxygens (including phenoxy) is 1. The third-order valence-electron chi connectivity index (χ3n) is 7.95. The molecule has 0 radical (unpaired) electrons. The number of hydrogen-bond donors (Lipinski definition) is 1. The second-order valence-corrected chi connectivity index (χ2v) is 10.2. The standard InChI is InChI=1S/C23H32ClN3O2/c1-15-14-29-8-5-20(15)26-19-10-17-3-2-6-23(17,11-19)22(28)27-7-4-21-16(13-27)9-18(24)12-25-21/h9,12,15,17,19-20,26H,2-8,10-11,13-14H2,1H3/t15-,17+,19+,20-,23+/m0/s1. The molecule has 3 heterocycles. The number of pyridine rings is 1. The Kier molecular flexibility index (Phi) is 5.34. The van der Waals surface area contributed by atoms with Crippen molar-refractivity contribution in [2.75, 3.05) is 19.8 Å². The van der Waals surface area contributed by atoms with Crippen molar-refractivity contribution in [3.63, 3.8) is 0 Å². The fourth-order valence-corrected chi connectivity index (χ4v) is 6.62. The lowest BCUT2D eigenvalue weighted by molar-refractivity contribution is -0.144. The van der Waals surface area contributed by atoms with E-state index in [1.807, 2.05) is 6.07 Å². The number of halogens is 1. The lowest BCUT2D eigenvalue weighted by Gasteiger charge is -2.37. The predicted molar refractivity (Wildman–Crippen MR) is 113 cm³/mol. The number of fused-ring (bicyclic) bond motifs is 2. The van der Waals surface area contributed by atoms with Crippen LogP contribution in [0.15, 0.2) is 12.3 Å². The van der Waals surface area contributed by atoms with Crippen LogP contribution < -0.4 is 5.32 Å². The molecule has 0 bridgehead atoms. The highest BCUT2D eigenvalue weighted by molar-refractivity contribution is 6.30. The summed E-state index contributed by atoms with van der Waals surface area (Å²) in [5, 5.41) is 4.58. The summed E-state index contributed by atoms with van der Waals surface area (Å²) in [7, 11) is 0. The van der Waals surface area contributed by atoms with Crippen LogP contribution in [-0.4, -0.2) is 47.6 Å². The summed E-state index contributed by atoms with van der Waals surface area (Å²) in [6.45, 7) is 5.42. The van der Waals surface area contributed by atoms with E-state index in [1.54, 1.807) is 6.20 Å². The van der Waals surface area contributed by atoms with E-state index >= 15 is 0 Å². The van der Waals surface area contributed by atoms with E-state index in [-0.39, 0.29) is 5.41 Å². The number of hydrogen-bond acceptors (Lipinski definition) is 4. The first-order chi connectivity index (χ1) is 14.0. The van der Waals surface area contributed by atoms with Crippen LogP contribution in [0.3, 0.4) is 0 Å². The summed E-state index contributed by atoms with van der Waals surface area (Å²) >= 11 is 6.16. The molecule has 1 saturated heterocycles. The number of nitrogens with one attached hydrogen (secondary N) is 1. The van der Waals surface area contributed by atoms with Gasteiger partial charge in [-0.2, -0.15) is 0 Å². The van der Waals surface area contributed by atoms with E-state index in [9.17, 15) is 4.79 Å². The molecular weight excluding hydrogens is 386 g/mol. The van der Waals surface area contributed by atoms with Gasteiger partial charge in [-0.25, -0.2) is 0 Å². The van der Waals surface area contributed by atoms with Gasteiger partial charge in [0.1, 0.15) is 0 Å². The third kappa shape index (κ3) is 3.60. The quantitative estimate of drug-likeness (QED) is 0.816. The Morgan fingerprint density at radius 1 is 1.41 bits per heavy atom. The van der Waals surface area contributed by atoms with Crippen molar-refractivity contribution in [2.45, 2.75) is 70.5 Å². The number of nitrogens with zero attached hydrogens (tertiary/aromatic N) is 2. The number of carbonyl (C=O) groups is 1. The molecule has 4 aliphatic rings. The Hall–Kier alpha value is -1.17. The van der Waals surface area contributed by atoms with E-state index in [1.165, 1.54) is 12.8 Å². The molecule has 6 heteroatoms. The van der Waals surface area contributed by atoms with Gasteiger partial charge in [-0.3, -0.25) is 9.78 Å². The molecule has 2 aliphatic carbocycles. The average Bonchev–Trinajstić information content (AvgIpc) is 3.26. The summed E-state index contributed by atoms with van der Waals surface area (Å²) in [5.74, 6) is 1.46. The van der Waals surface area contributed by atoms with E-state index in [0.717, 1.165) is 63.1 Å². The SMILES string of the molecule is C[C@H]1COCC[C@@H]1N[C@@H]1C[C@H]2CCC[C@@]2(C(=O)N2CCc3ncc(Cl)cc3C2)C1. The Bertz CT molecular complexity index is 787. The van der Waals surface area contributed by atoms with Crippen LogP contribution in [0.4, 0.5) is 0 Å². The fourth-order valence-electron chi connectivity index (χ4n) is 6.43. The average molecular weight is 418 g/mol. The van der Waals surface area contributed by atoms with Crippen molar-refractivity contribution in [1.29, 1.82) is 0 Å². The maximum absolute atomic E-state index is 13.8. The van der Waals surface area contributed by atoms with Crippen LogP contribution >= 0.6 is 11.6 Å². The zero-order chi connectivity index (χ0) is 20.0. The third-order valence-corrected chi connectivity index (χ3v) is 8.15. The maximum atomic E-state index is 13.8. The first-order valence-electron chi connectivity index (χ1n) is 11.3. The summed E-state index contributed by atoms with van der Waals surface area (Å²) < 4.78 is 5.61. The summed E-state index contributed by atoms with van der Waals surface area (Å²) in [6.07, 6.45) is 9.22. The van der Waals surface area contributed by atoms with Crippen molar-refractivity contribution in [3.8, 4) is 0 Å². The topological polar surface area (TPSA) is 54.5 Å². The van der Waals surface area contributed by atoms with Crippen molar-refractivity contribution < 1.29 is 9.53 Å². The molecule has 1 aromatic heterocycles. The highest BCUT2D eigenvalue weighted by Crippen LogP contribution is 2.55. The van der Waals surface area contributed by atoms with Gasteiger partial charge in [-0.05, 0) is 55.6 Å². The van der Waals surface area contributed by atoms with Gasteiger partial charge in [0.15, 0.2) is 0 Å². The second kappa shape index (κ2) is 7.82. The molecule has 29 heavy (non-hydrogen) atoms. The van der Waals surface area contributed by atoms with Gasteiger partial charge in [0.05, 0.1) is 17.0 Å². The van der Waals surface area contributed by atoms with Crippen LogP contribution in [0, 0.1) is 17.3 Å². The Morgan fingerprint density at radius 2 is 2.31 bits per heavy atom. The van der Waals surface area contributed by atoms with Gasteiger partial charge >= 0.3 is 0 Å². The zero-order valence-corrected chi connectivity index (χ0v) is 18.1. The van der Waals surface area contributed by atoms with E-state index in [0.29, 0.717) is 41.4 Å². The van der Waals surface area contributed by atoms with Gasteiger partial charge < -0.3 is 15.0 Å². The van der Waals surface area contributed by atoms with Crippen LogP contribution in [0.5, 0.6) is 0 Å². The molecule has 5 rings (SSSR count). The predicted octanol–water partition coefficient (Wildman–Crippen LogP) is 3.58. The van der Waals surface area contributed by atoms with Crippen molar-refractivity contribution in [3.05, 3.63) is 28.5 Å². The molecule has 158 valence electrons. The van der Waals surface area contributed by atoms with Crippen molar-refractivity contribution in [2.24, 2.45) is 17.3 Å². The van der Waals surface area contributed by atoms with Crippen molar-refractivity contribution >= 4 is 17.5 Å². The summed E-state index contributed by atoms with van der Waals surface area (Å²) in [4.78, 5) is 20.4. The zero-order valence-electron chi connectivity index (χ0n) is 17.3. The Balaban J connectivity index is 1.30. The Labute approximate surface area is 178 Å². The molecule has 3 fully saturated rings. The Morgan fingerprint density at radius 3 is 3.17 bits per heavy atom. The van der Waals surface area contributed by atoms with Gasteiger partial charge in [-0.1, -0.05) is 24.9 Å². The summed E-state index contributed by atoms with van der Waals surface area (Å²) in [6, 6.07) is 2.97. The molecule has 0 aromatic carbocycles. The highest BCUT2D eigenvalue weighted by Gasteiger charge is 2.56. The fraction of sp³-hybridized carbons (Fsp3) is 0.739. The van der Waals surface area contributed by atoms with E-state index in [2.05, 4.69) is 22.1 Å². The van der Waals surface area contributed by atoms with Crippen LogP contribution in [0.25, 0.3) is 0 Å². The van der Waals surface area contributed by atoms with Crippen molar-refractivity contribution in [1.82, 2.24) is 15.2 Å². The molecule has 1 amide bonds. The van der Waals surface area contributed by atoms with Gasteiger partial charge in [0.2, 0.25) is 5.91 Å². The summed E-state index contributed by atoms with van der Waals surface area (Å²) in [5.41, 5.74) is 2.06. The molecule has 5 nitrogen and oxygen atoms in total. The largest absolute Gasteiger partial charge is 0.381 e. The smallest absolute Gasteiger partial charge is 0.229 e. The lowest BCUT2D eigenvalue weighted by Crippen LogP contribution is -2.48. The first-order valence-corrected chi connectivity index (χ1v) is 11.7. The number of amides is 1. The number of carbonyl (C=O) groups excluding carboxylic acids is 1. The number of rotatable bonds is 3. The van der Waals surface area contributed by atoms with E-state index < -0.39 is 0 Å². The van der Waals surface area contributed by atoms with Gasteiger partial charge in [-0.15, -0.1) is 0 Å². The first kappa shape index (κ1) is 19.8. The molecule has 1 aromatic rings. The number of aromatic nitrogens is 1. The monoisotopic (exact) mass is 417 g/mol. The van der Waals surface area contributed by atoms with Crippen LogP contribution in [-0.2, 0) is 22.5 Å². The minimum atomic E-state index is -0.157. The van der Waals surface area contributed by atoms with Crippen LogP contribution in [0.1, 0.15) is 56.7 Å². The molecule has 5 atom stereocenters. The molecule has 0 spiro atoms. The highest BCUT2D eigenvalue weighted by atomic mass is 35.5. The molecule has 2 aliphatic heterocycles. The molecule has 1 N–H and O–H groups in total. The molecule has 0 unspecified atom stereocenters. The van der Waals surface area contributed by atoms with Crippen LogP contribution in [0.2, 0.25) is 5.02 Å². The van der Waals surface area contributed by atoms with Gasteiger partial charge in [0.25, 0.3) is 0 Å².